The Balaban J connectivity index is 1.19. The standard InChI is InChI=1S/C45H25N7S/c1-2-10-28-23-30(21-18-26(28)9-1)42-48-43(31-24-29-20-19-27-11-8-22-46-39(27)40(29)47-25-31)50-45(49-42)52-34-14-4-3-12-32(34)38-33-13-7-17-37-41(33)51(44(38)52)35-15-5-6-16-36(35)53-37/h1-25H. The highest BCUT2D eigenvalue weighted by molar-refractivity contribution is 7.99. The van der Waals surface area contributed by atoms with Crippen molar-refractivity contribution < 1.29 is 0 Å². The number of aromatic nitrogens is 7. The maximum Gasteiger partial charge on any atom is 0.239 e. The Kier molecular flexibility index (Phi) is 5.86. The summed E-state index contributed by atoms with van der Waals surface area (Å²) in [6.07, 6.45) is 3.67. The van der Waals surface area contributed by atoms with E-state index in [1.54, 1.807) is 0 Å². The molecule has 12 rings (SSSR count). The third-order valence-corrected chi connectivity index (χ3v) is 11.5. The molecule has 0 saturated carbocycles. The monoisotopic (exact) mass is 695 g/mol. The SMILES string of the molecule is c1ccc2c(c1)Sc1cccc3c4c5ccccc5n(-c5nc(-c6ccc7ccccc7c6)nc(-c6cnc7c(ccc8cccnc87)c6)n5)c4n-2c13. The van der Waals surface area contributed by atoms with Gasteiger partial charge in [-0.15, -0.1) is 0 Å². The maximum atomic E-state index is 5.32. The van der Waals surface area contributed by atoms with Crippen LogP contribution in [0.4, 0.5) is 0 Å². The molecule has 0 radical (unpaired) electrons. The van der Waals surface area contributed by atoms with Gasteiger partial charge in [0.2, 0.25) is 5.95 Å². The van der Waals surface area contributed by atoms with Gasteiger partial charge in [0.15, 0.2) is 11.6 Å². The van der Waals surface area contributed by atoms with Crippen LogP contribution in [0.3, 0.4) is 0 Å². The molecular formula is C45H25N7S. The van der Waals surface area contributed by atoms with E-state index in [1.807, 2.05) is 30.2 Å². The summed E-state index contributed by atoms with van der Waals surface area (Å²) < 4.78 is 4.63. The molecule has 1 aliphatic rings. The van der Waals surface area contributed by atoms with Crippen molar-refractivity contribution in [1.82, 2.24) is 34.1 Å². The number of fused-ring (bicyclic) bond motifs is 11. The smallest absolute Gasteiger partial charge is 0.239 e. The van der Waals surface area contributed by atoms with Crippen LogP contribution >= 0.6 is 11.8 Å². The van der Waals surface area contributed by atoms with Gasteiger partial charge in [0.05, 0.1) is 27.8 Å². The number of nitrogens with zero attached hydrogens (tertiary/aromatic N) is 7. The summed E-state index contributed by atoms with van der Waals surface area (Å²) in [5.41, 5.74) is 7.83. The minimum atomic E-state index is 0.543. The number of rotatable bonds is 3. The molecular weight excluding hydrogens is 671 g/mol. The predicted molar refractivity (Wildman–Crippen MR) is 214 cm³/mol. The van der Waals surface area contributed by atoms with Crippen molar-refractivity contribution in [2.75, 3.05) is 0 Å². The van der Waals surface area contributed by atoms with Gasteiger partial charge in [-0.2, -0.15) is 9.97 Å². The van der Waals surface area contributed by atoms with Gasteiger partial charge in [-0.25, -0.2) is 4.98 Å². The third kappa shape index (κ3) is 4.15. The summed E-state index contributed by atoms with van der Waals surface area (Å²) in [5.74, 6) is 1.68. The van der Waals surface area contributed by atoms with Crippen molar-refractivity contribution in [3.05, 3.63) is 152 Å². The highest BCUT2D eigenvalue weighted by Gasteiger charge is 2.29. The first-order valence-corrected chi connectivity index (χ1v) is 18.3. The molecule has 0 spiro atoms. The van der Waals surface area contributed by atoms with Crippen LogP contribution in [-0.2, 0) is 0 Å². The van der Waals surface area contributed by atoms with E-state index < -0.39 is 0 Å². The van der Waals surface area contributed by atoms with E-state index in [0.717, 1.165) is 65.9 Å². The zero-order valence-corrected chi connectivity index (χ0v) is 28.8. The zero-order chi connectivity index (χ0) is 34.6. The molecule has 246 valence electrons. The lowest BCUT2D eigenvalue weighted by Crippen LogP contribution is -2.10. The van der Waals surface area contributed by atoms with E-state index in [9.17, 15) is 0 Å². The molecule has 0 fully saturated rings. The van der Waals surface area contributed by atoms with Gasteiger partial charge in [0.25, 0.3) is 0 Å². The van der Waals surface area contributed by atoms with Gasteiger partial charge >= 0.3 is 0 Å². The van der Waals surface area contributed by atoms with Crippen LogP contribution in [-0.4, -0.2) is 34.1 Å². The van der Waals surface area contributed by atoms with Crippen LogP contribution in [0.1, 0.15) is 0 Å². The minimum absolute atomic E-state index is 0.543. The molecule has 6 heterocycles. The van der Waals surface area contributed by atoms with Crippen LogP contribution in [0.15, 0.2) is 162 Å². The first-order valence-electron chi connectivity index (χ1n) is 17.5. The fourth-order valence-electron chi connectivity index (χ4n) is 8.04. The van der Waals surface area contributed by atoms with Gasteiger partial charge in [-0.1, -0.05) is 109 Å². The van der Waals surface area contributed by atoms with Crippen molar-refractivity contribution in [2.24, 2.45) is 0 Å². The average molecular weight is 696 g/mol. The number of para-hydroxylation sites is 3. The van der Waals surface area contributed by atoms with E-state index in [4.69, 9.17) is 19.9 Å². The van der Waals surface area contributed by atoms with Gasteiger partial charge < -0.3 is 0 Å². The molecule has 0 N–H and O–H groups in total. The van der Waals surface area contributed by atoms with Gasteiger partial charge in [0, 0.05) is 60.2 Å². The molecule has 11 aromatic rings. The quantitative estimate of drug-likeness (QED) is 0.171. The molecule has 53 heavy (non-hydrogen) atoms. The summed E-state index contributed by atoms with van der Waals surface area (Å²) in [6, 6.07) is 48.9. The van der Waals surface area contributed by atoms with E-state index in [0.29, 0.717) is 17.6 Å². The summed E-state index contributed by atoms with van der Waals surface area (Å²) in [5, 5.41) is 7.84. The molecule has 0 aliphatic carbocycles. The second-order valence-corrected chi connectivity index (χ2v) is 14.5. The topological polar surface area (TPSA) is 74.3 Å². The Labute approximate surface area is 306 Å². The number of pyridine rings is 2. The number of hydrogen-bond acceptors (Lipinski definition) is 6. The lowest BCUT2D eigenvalue weighted by atomic mass is 10.1. The lowest BCUT2D eigenvalue weighted by Gasteiger charge is -2.20. The Morgan fingerprint density at radius 2 is 1.21 bits per heavy atom. The zero-order valence-electron chi connectivity index (χ0n) is 28.0. The van der Waals surface area contributed by atoms with Gasteiger partial charge in [0.1, 0.15) is 5.65 Å². The van der Waals surface area contributed by atoms with Crippen LogP contribution < -0.4 is 0 Å². The molecule has 6 aromatic carbocycles. The average Bonchev–Trinajstić information content (AvgIpc) is 3.74. The summed E-state index contributed by atoms with van der Waals surface area (Å²) in [6.45, 7) is 0. The fraction of sp³-hybridized carbons (Fsp3) is 0. The summed E-state index contributed by atoms with van der Waals surface area (Å²) >= 11 is 1.82. The van der Waals surface area contributed by atoms with E-state index >= 15 is 0 Å². The molecule has 0 unspecified atom stereocenters. The normalized spacial score (nSPS) is 12.5. The lowest BCUT2D eigenvalue weighted by molar-refractivity contribution is 0.927. The molecule has 7 nitrogen and oxygen atoms in total. The van der Waals surface area contributed by atoms with Gasteiger partial charge in [-0.05, 0) is 53.2 Å². The first kappa shape index (κ1) is 28.8. The number of benzene rings is 6. The van der Waals surface area contributed by atoms with Crippen molar-refractivity contribution in [1.29, 1.82) is 0 Å². The molecule has 8 heteroatoms. The largest absolute Gasteiger partial charge is 0.293 e. The maximum absolute atomic E-state index is 5.32. The highest BCUT2D eigenvalue weighted by Crippen LogP contribution is 2.49. The third-order valence-electron chi connectivity index (χ3n) is 10.4. The van der Waals surface area contributed by atoms with Gasteiger partial charge in [-0.3, -0.25) is 19.1 Å². The molecule has 0 atom stereocenters. The van der Waals surface area contributed by atoms with Crippen molar-refractivity contribution in [3.63, 3.8) is 0 Å². The molecule has 0 amide bonds. The molecule has 5 aromatic heterocycles. The summed E-state index contributed by atoms with van der Waals surface area (Å²) in [7, 11) is 0. The van der Waals surface area contributed by atoms with E-state index in [-0.39, 0.29) is 0 Å². The summed E-state index contributed by atoms with van der Waals surface area (Å²) in [4.78, 5) is 27.8. The Hall–Kier alpha value is -6.90. The van der Waals surface area contributed by atoms with Crippen LogP contribution in [0.5, 0.6) is 0 Å². The molecule has 0 saturated heterocycles. The highest BCUT2D eigenvalue weighted by atomic mass is 32.2. The first-order chi connectivity index (χ1) is 26.3. The predicted octanol–water partition coefficient (Wildman–Crippen LogP) is 11.0. The molecule has 1 aliphatic heterocycles. The van der Waals surface area contributed by atoms with Crippen LogP contribution in [0.2, 0.25) is 0 Å². The minimum Gasteiger partial charge on any atom is -0.293 e. The fourth-order valence-corrected chi connectivity index (χ4v) is 9.13. The second kappa shape index (κ2) is 10.8. The van der Waals surface area contributed by atoms with Crippen LogP contribution in [0.25, 0.3) is 99.8 Å². The van der Waals surface area contributed by atoms with Crippen molar-refractivity contribution in [3.8, 4) is 34.4 Å². The van der Waals surface area contributed by atoms with E-state index in [1.165, 1.54) is 26.1 Å². The second-order valence-electron chi connectivity index (χ2n) is 13.4. The Morgan fingerprint density at radius 3 is 2.17 bits per heavy atom. The Bertz CT molecular complexity index is 3340. The Morgan fingerprint density at radius 1 is 0.491 bits per heavy atom. The van der Waals surface area contributed by atoms with E-state index in [2.05, 4.69) is 148 Å². The van der Waals surface area contributed by atoms with Crippen LogP contribution in [0, 0.1) is 0 Å². The van der Waals surface area contributed by atoms with Crippen molar-refractivity contribution in [2.45, 2.75) is 9.79 Å². The number of hydrogen-bond donors (Lipinski definition) is 0. The molecule has 0 bridgehead atoms. The van der Waals surface area contributed by atoms with Crippen molar-refractivity contribution >= 4 is 77.2 Å².